The average Bonchev–Trinajstić information content (AvgIpc) is 2.37. The standard InChI is InChI=1S/C15H13F3O2/c1-20-15-3-2-10(16)8-13(15)14(19)6-9-4-11(17)7-12(18)5-9/h2-5,7-8,14,19H,6H2,1H3. The fourth-order valence-electron chi connectivity index (χ4n) is 2.03. The number of aliphatic hydroxyl groups excluding tert-OH is 1. The molecule has 0 saturated carbocycles. The minimum Gasteiger partial charge on any atom is -0.496 e. The van der Waals surface area contributed by atoms with E-state index in [1.165, 1.54) is 19.2 Å². The van der Waals surface area contributed by atoms with Crippen LogP contribution in [0, 0.1) is 17.5 Å². The molecule has 0 saturated heterocycles. The maximum Gasteiger partial charge on any atom is 0.126 e. The second kappa shape index (κ2) is 5.96. The topological polar surface area (TPSA) is 29.5 Å². The van der Waals surface area contributed by atoms with Crippen molar-refractivity contribution in [2.24, 2.45) is 0 Å². The minimum absolute atomic E-state index is 0.0471. The van der Waals surface area contributed by atoms with Crippen molar-refractivity contribution in [2.45, 2.75) is 12.5 Å². The minimum atomic E-state index is -1.12. The van der Waals surface area contributed by atoms with E-state index < -0.39 is 23.6 Å². The third-order valence-corrected chi connectivity index (χ3v) is 2.90. The molecule has 2 rings (SSSR count). The quantitative estimate of drug-likeness (QED) is 0.931. The zero-order valence-electron chi connectivity index (χ0n) is 10.7. The third kappa shape index (κ3) is 3.30. The summed E-state index contributed by atoms with van der Waals surface area (Å²) in [6, 6.07) is 6.73. The molecule has 0 aromatic heterocycles. The molecule has 20 heavy (non-hydrogen) atoms. The van der Waals surface area contributed by atoms with Crippen LogP contribution in [0.4, 0.5) is 13.2 Å². The summed E-state index contributed by atoms with van der Waals surface area (Å²) in [5.74, 6) is -1.65. The Morgan fingerprint density at radius 2 is 1.65 bits per heavy atom. The number of hydrogen-bond acceptors (Lipinski definition) is 2. The number of hydrogen-bond donors (Lipinski definition) is 1. The molecule has 0 radical (unpaired) electrons. The van der Waals surface area contributed by atoms with Crippen LogP contribution in [-0.4, -0.2) is 12.2 Å². The van der Waals surface area contributed by atoms with Crippen molar-refractivity contribution in [3.05, 3.63) is 65.0 Å². The van der Waals surface area contributed by atoms with E-state index in [2.05, 4.69) is 0 Å². The maximum absolute atomic E-state index is 13.2. The lowest BCUT2D eigenvalue weighted by Gasteiger charge is -2.15. The monoisotopic (exact) mass is 282 g/mol. The first-order valence-electron chi connectivity index (χ1n) is 5.96. The van der Waals surface area contributed by atoms with E-state index in [0.717, 1.165) is 24.3 Å². The van der Waals surface area contributed by atoms with E-state index in [-0.39, 0.29) is 17.5 Å². The largest absolute Gasteiger partial charge is 0.496 e. The maximum atomic E-state index is 13.2. The number of methoxy groups -OCH3 is 1. The highest BCUT2D eigenvalue weighted by atomic mass is 19.1. The summed E-state index contributed by atoms with van der Waals surface area (Å²) in [5, 5.41) is 10.1. The van der Waals surface area contributed by atoms with Crippen molar-refractivity contribution in [3.8, 4) is 5.75 Å². The molecule has 1 unspecified atom stereocenters. The molecule has 2 aromatic rings. The van der Waals surface area contributed by atoms with E-state index in [1.807, 2.05) is 0 Å². The van der Waals surface area contributed by atoms with Gasteiger partial charge in [-0.05, 0) is 35.9 Å². The smallest absolute Gasteiger partial charge is 0.126 e. The molecule has 0 heterocycles. The summed E-state index contributed by atoms with van der Waals surface area (Å²) in [5.41, 5.74) is 0.512. The molecule has 5 heteroatoms. The average molecular weight is 282 g/mol. The zero-order valence-corrected chi connectivity index (χ0v) is 10.7. The molecule has 2 aromatic carbocycles. The highest BCUT2D eigenvalue weighted by Gasteiger charge is 2.16. The van der Waals surface area contributed by atoms with Gasteiger partial charge in [0.25, 0.3) is 0 Å². The Bertz CT molecular complexity index is 594. The molecule has 0 bridgehead atoms. The molecular weight excluding hydrogens is 269 g/mol. The van der Waals surface area contributed by atoms with Crippen molar-refractivity contribution in [1.29, 1.82) is 0 Å². The van der Waals surface area contributed by atoms with Crippen LogP contribution in [0.15, 0.2) is 36.4 Å². The first-order valence-corrected chi connectivity index (χ1v) is 5.96. The number of aliphatic hydroxyl groups is 1. The van der Waals surface area contributed by atoms with Gasteiger partial charge in [-0.2, -0.15) is 0 Å². The molecule has 0 fully saturated rings. The predicted molar refractivity (Wildman–Crippen MR) is 68.0 cm³/mol. The number of halogens is 3. The Labute approximate surface area is 114 Å². The Balaban J connectivity index is 2.27. The van der Waals surface area contributed by atoms with Crippen LogP contribution in [0.5, 0.6) is 5.75 Å². The lowest BCUT2D eigenvalue weighted by atomic mass is 10.0. The van der Waals surface area contributed by atoms with Gasteiger partial charge in [0.05, 0.1) is 13.2 Å². The molecule has 0 aliphatic heterocycles. The van der Waals surface area contributed by atoms with Gasteiger partial charge in [-0.25, -0.2) is 13.2 Å². The fourth-order valence-corrected chi connectivity index (χ4v) is 2.03. The van der Waals surface area contributed by atoms with Crippen molar-refractivity contribution in [3.63, 3.8) is 0 Å². The Hall–Kier alpha value is -2.01. The molecule has 0 aliphatic carbocycles. The summed E-state index contributed by atoms with van der Waals surface area (Å²) in [6.07, 6.45) is -1.17. The Kier molecular flexibility index (Phi) is 4.29. The summed E-state index contributed by atoms with van der Waals surface area (Å²) in [4.78, 5) is 0. The number of rotatable bonds is 4. The van der Waals surface area contributed by atoms with Gasteiger partial charge in [0.2, 0.25) is 0 Å². The van der Waals surface area contributed by atoms with Crippen LogP contribution in [0.2, 0.25) is 0 Å². The molecule has 0 spiro atoms. The van der Waals surface area contributed by atoms with Crippen LogP contribution < -0.4 is 4.74 Å². The van der Waals surface area contributed by atoms with Crippen molar-refractivity contribution in [1.82, 2.24) is 0 Å². The summed E-state index contributed by atoms with van der Waals surface area (Å²) in [6.45, 7) is 0. The SMILES string of the molecule is COc1ccc(F)cc1C(O)Cc1cc(F)cc(F)c1. The van der Waals surface area contributed by atoms with Crippen molar-refractivity contribution >= 4 is 0 Å². The third-order valence-electron chi connectivity index (χ3n) is 2.90. The normalized spacial score (nSPS) is 12.2. The van der Waals surface area contributed by atoms with Gasteiger partial charge in [0.15, 0.2) is 0 Å². The zero-order chi connectivity index (χ0) is 14.7. The van der Waals surface area contributed by atoms with Gasteiger partial charge in [0, 0.05) is 18.1 Å². The summed E-state index contributed by atoms with van der Waals surface area (Å²) >= 11 is 0. The van der Waals surface area contributed by atoms with E-state index in [9.17, 15) is 18.3 Å². The fraction of sp³-hybridized carbons (Fsp3) is 0.200. The van der Waals surface area contributed by atoms with Gasteiger partial charge in [-0.1, -0.05) is 0 Å². The molecule has 1 N–H and O–H groups in total. The molecule has 1 atom stereocenters. The van der Waals surface area contributed by atoms with Gasteiger partial charge < -0.3 is 9.84 Å². The summed E-state index contributed by atoms with van der Waals surface area (Å²) in [7, 11) is 1.39. The Morgan fingerprint density at radius 3 is 2.25 bits per heavy atom. The van der Waals surface area contributed by atoms with E-state index in [1.54, 1.807) is 0 Å². The highest BCUT2D eigenvalue weighted by molar-refractivity contribution is 5.36. The van der Waals surface area contributed by atoms with Gasteiger partial charge in [0.1, 0.15) is 23.2 Å². The first kappa shape index (κ1) is 14.4. The lowest BCUT2D eigenvalue weighted by molar-refractivity contribution is 0.173. The van der Waals surface area contributed by atoms with Crippen LogP contribution >= 0.6 is 0 Å². The molecule has 0 amide bonds. The number of ether oxygens (including phenoxy) is 1. The van der Waals surface area contributed by atoms with Crippen molar-refractivity contribution in [2.75, 3.05) is 7.11 Å². The molecule has 2 nitrogen and oxygen atoms in total. The lowest BCUT2D eigenvalue weighted by Crippen LogP contribution is -2.05. The van der Waals surface area contributed by atoms with E-state index >= 15 is 0 Å². The van der Waals surface area contributed by atoms with Gasteiger partial charge in [-0.3, -0.25) is 0 Å². The van der Waals surface area contributed by atoms with Crippen LogP contribution in [-0.2, 0) is 6.42 Å². The molecule has 0 aliphatic rings. The van der Waals surface area contributed by atoms with E-state index in [4.69, 9.17) is 4.74 Å². The van der Waals surface area contributed by atoms with Crippen LogP contribution in [0.25, 0.3) is 0 Å². The van der Waals surface area contributed by atoms with E-state index in [0.29, 0.717) is 5.75 Å². The predicted octanol–water partition coefficient (Wildman–Crippen LogP) is 3.39. The molecule has 106 valence electrons. The Morgan fingerprint density at radius 1 is 1.00 bits per heavy atom. The van der Waals surface area contributed by atoms with Crippen molar-refractivity contribution < 1.29 is 23.0 Å². The van der Waals surface area contributed by atoms with Gasteiger partial charge in [-0.15, -0.1) is 0 Å². The van der Waals surface area contributed by atoms with Gasteiger partial charge >= 0.3 is 0 Å². The van der Waals surface area contributed by atoms with Crippen LogP contribution in [0.1, 0.15) is 17.2 Å². The second-order valence-corrected chi connectivity index (χ2v) is 4.38. The van der Waals surface area contributed by atoms with Crippen LogP contribution in [0.3, 0.4) is 0 Å². The highest BCUT2D eigenvalue weighted by Crippen LogP contribution is 2.28. The number of benzene rings is 2. The second-order valence-electron chi connectivity index (χ2n) is 4.38. The molecular formula is C15H13F3O2. The summed E-state index contributed by atoms with van der Waals surface area (Å²) < 4.78 is 44.4. The first-order chi connectivity index (χ1) is 9.49.